The second-order valence-electron chi connectivity index (χ2n) is 7.05. The Morgan fingerprint density at radius 1 is 1.24 bits per heavy atom. The molecule has 3 rings (SSSR count). The lowest BCUT2D eigenvalue weighted by Gasteiger charge is -2.24. The predicted molar refractivity (Wildman–Crippen MR) is 86.7 cm³/mol. The van der Waals surface area contributed by atoms with Gasteiger partial charge in [0.15, 0.2) is 0 Å². The van der Waals surface area contributed by atoms with E-state index in [1.54, 1.807) is 0 Å². The molecule has 2 atom stereocenters. The number of nitrogens with two attached hydrogens (primary N) is 1. The number of rotatable bonds is 5. The molecule has 1 aliphatic heterocycles. The number of nitrogens with zero attached hydrogens (tertiary/aromatic N) is 1. The maximum absolute atomic E-state index is 6.22. The highest BCUT2D eigenvalue weighted by molar-refractivity contribution is 5.46. The first kappa shape index (κ1) is 14.9. The van der Waals surface area contributed by atoms with Crippen LogP contribution in [0.1, 0.15) is 42.0 Å². The summed E-state index contributed by atoms with van der Waals surface area (Å²) in [6.07, 6.45) is 3.81. The first-order valence-electron chi connectivity index (χ1n) is 8.22. The van der Waals surface area contributed by atoms with Crippen molar-refractivity contribution in [1.29, 1.82) is 0 Å². The highest BCUT2D eigenvalue weighted by Crippen LogP contribution is 2.41. The highest BCUT2D eigenvalue weighted by atomic mass is 16.5. The fourth-order valence-corrected chi connectivity index (χ4v) is 3.56. The minimum Gasteiger partial charge on any atom is -0.493 e. The van der Waals surface area contributed by atoms with Gasteiger partial charge in [0.05, 0.1) is 6.61 Å². The normalized spacial score (nSPS) is 26.3. The van der Waals surface area contributed by atoms with Crippen LogP contribution in [0.2, 0.25) is 0 Å². The summed E-state index contributed by atoms with van der Waals surface area (Å²) in [7, 11) is 2.21. The first-order chi connectivity index (χ1) is 10.1. The molecule has 2 N–H and O–H groups in total. The van der Waals surface area contributed by atoms with Gasteiger partial charge >= 0.3 is 0 Å². The third-order valence-corrected chi connectivity index (χ3v) is 4.94. The van der Waals surface area contributed by atoms with Gasteiger partial charge in [-0.25, -0.2) is 0 Å². The van der Waals surface area contributed by atoms with E-state index < -0.39 is 0 Å². The highest BCUT2D eigenvalue weighted by Gasteiger charge is 2.32. The minimum absolute atomic E-state index is 0.450. The molecule has 0 amide bonds. The molecular formula is C18H28N2O. The molecule has 0 radical (unpaired) electrons. The van der Waals surface area contributed by atoms with Gasteiger partial charge in [0.1, 0.15) is 5.75 Å². The molecule has 1 aromatic carbocycles. The number of likely N-dealkylation sites (tertiary alicyclic amines) is 1. The zero-order valence-electron chi connectivity index (χ0n) is 13.6. The number of hydrogen-bond donors (Lipinski definition) is 1. The Bertz CT molecular complexity index is 510. The fourth-order valence-electron chi connectivity index (χ4n) is 3.56. The van der Waals surface area contributed by atoms with Gasteiger partial charge in [0, 0.05) is 18.2 Å². The maximum atomic E-state index is 6.22. The second-order valence-corrected chi connectivity index (χ2v) is 7.05. The van der Waals surface area contributed by atoms with E-state index in [-0.39, 0.29) is 0 Å². The molecule has 3 nitrogen and oxygen atoms in total. The fraction of sp³-hybridized carbons (Fsp3) is 0.667. The Balaban J connectivity index is 1.87. The van der Waals surface area contributed by atoms with Crippen LogP contribution in [0.5, 0.6) is 5.75 Å². The quantitative estimate of drug-likeness (QED) is 0.905. The molecule has 1 aromatic rings. The molecule has 0 spiro atoms. The van der Waals surface area contributed by atoms with Crippen LogP contribution in [-0.2, 0) is 0 Å². The van der Waals surface area contributed by atoms with Crippen molar-refractivity contribution in [2.75, 3.05) is 26.7 Å². The summed E-state index contributed by atoms with van der Waals surface area (Å²) in [5.41, 5.74) is 9.85. The van der Waals surface area contributed by atoms with Crippen molar-refractivity contribution < 1.29 is 4.74 Å². The topological polar surface area (TPSA) is 38.5 Å². The summed E-state index contributed by atoms with van der Waals surface area (Å²) in [4.78, 5) is 2.44. The molecule has 1 heterocycles. The average molecular weight is 288 g/mol. The summed E-state index contributed by atoms with van der Waals surface area (Å²) in [5.74, 6) is 2.52. The Labute approximate surface area is 128 Å². The van der Waals surface area contributed by atoms with Crippen LogP contribution >= 0.6 is 0 Å². The maximum Gasteiger partial charge on any atom is 0.127 e. The van der Waals surface area contributed by atoms with Crippen LogP contribution < -0.4 is 10.5 Å². The number of hydrogen-bond acceptors (Lipinski definition) is 3. The van der Waals surface area contributed by atoms with Crippen molar-refractivity contribution in [3.8, 4) is 5.75 Å². The second kappa shape index (κ2) is 5.98. The van der Waals surface area contributed by atoms with Gasteiger partial charge in [-0.15, -0.1) is 0 Å². The molecule has 0 aromatic heterocycles. The van der Waals surface area contributed by atoms with E-state index in [0.29, 0.717) is 12.0 Å². The average Bonchev–Trinajstić information content (AvgIpc) is 3.18. The zero-order chi connectivity index (χ0) is 15.0. The molecule has 1 saturated heterocycles. The molecule has 3 heteroatoms. The predicted octanol–water partition coefficient (Wildman–Crippen LogP) is 3.04. The van der Waals surface area contributed by atoms with Gasteiger partial charge in [0.2, 0.25) is 0 Å². The van der Waals surface area contributed by atoms with Crippen molar-refractivity contribution in [2.45, 2.75) is 39.2 Å². The van der Waals surface area contributed by atoms with Crippen LogP contribution in [0, 0.1) is 25.7 Å². The molecule has 2 unspecified atom stereocenters. The number of benzene rings is 1. The van der Waals surface area contributed by atoms with Crippen molar-refractivity contribution in [3.05, 3.63) is 28.8 Å². The Morgan fingerprint density at radius 2 is 2.00 bits per heavy atom. The minimum atomic E-state index is 0.450. The van der Waals surface area contributed by atoms with E-state index in [2.05, 4.69) is 37.9 Å². The van der Waals surface area contributed by atoms with Gasteiger partial charge in [-0.05, 0) is 64.1 Å². The van der Waals surface area contributed by atoms with Gasteiger partial charge in [-0.3, -0.25) is 4.90 Å². The monoisotopic (exact) mass is 288 g/mol. The van der Waals surface area contributed by atoms with Crippen LogP contribution in [0.3, 0.4) is 0 Å². The summed E-state index contributed by atoms with van der Waals surface area (Å²) in [6, 6.07) is 5.00. The van der Waals surface area contributed by atoms with Crippen LogP contribution in [0.15, 0.2) is 12.1 Å². The van der Waals surface area contributed by atoms with E-state index in [0.717, 1.165) is 37.8 Å². The first-order valence-corrected chi connectivity index (χ1v) is 8.22. The van der Waals surface area contributed by atoms with Crippen molar-refractivity contribution in [2.24, 2.45) is 17.6 Å². The number of ether oxygens (including phenoxy) is 1. The molecule has 2 fully saturated rings. The van der Waals surface area contributed by atoms with Crippen LogP contribution in [0.4, 0.5) is 0 Å². The number of aryl methyl sites for hydroxylation is 2. The van der Waals surface area contributed by atoms with Crippen LogP contribution in [0.25, 0.3) is 0 Å². The SMILES string of the molecule is Cc1cc(C)c(OCC2CC2)c(C2CC(CN)CN2C)c1. The largest absolute Gasteiger partial charge is 0.493 e. The van der Waals surface area contributed by atoms with Crippen LogP contribution in [-0.4, -0.2) is 31.6 Å². The molecule has 0 bridgehead atoms. The zero-order valence-corrected chi connectivity index (χ0v) is 13.6. The molecule has 116 valence electrons. The molecule has 21 heavy (non-hydrogen) atoms. The Kier molecular flexibility index (Phi) is 4.23. The lowest BCUT2D eigenvalue weighted by atomic mass is 9.95. The molecule has 2 aliphatic rings. The van der Waals surface area contributed by atoms with E-state index in [1.165, 1.54) is 29.5 Å². The van der Waals surface area contributed by atoms with E-state index in [9.17, 15) is 0 Å². The Hall–Kier alpha value is -1.06. The van der Waals surface area contributed by atoms with E-state index in [1.807, 2.05) is 0 Å². The van der Waals surface area contributed by atoms with Gasteiger partial charge in [-0.1, -0.05) is 17.7 Å². The smallest absolute Gasteiger partial charge is 0.127 e. The lowest BCUT2D eigenvalue weighted by molar-refractivity contribution is 0.272. The Morgan fingerprint density at radius 3 is 2.62 bits per heavy atom. The van der Waals surface area contributed by atoms with Gasteiger partial charge < -0.3 is 10.5 Å². The van der Waals surface area contributed by atoms with E-state index >= 15 is 0 Å². The standard InChI is InChI=1S/C18H28N2O/c1-12-6-13(2)18(21-11-14-4-5-14)16(7-12)17-8-15(9-19)10-20(17)3/h6-7,14-15,17H,4-5,8-11,19H2,1-3H3. The van der Waals surface area contributed by atoms with Crippen molar-refractivity contribution in [3.63, 3.8) is 0 Å². The van der Waals surface area contributed by atoms with Gasteiger partial charge in [0.25, 0.3) is 0 Å². The summed E-state index contributed by atoms with van der Waals surface area (Å²) >= 11 is 0. The van der Waals surface area contributed by atoms with Crippen molar-refractivity contribution >= 4 is 0 Å². The third-order valence-electron chi connectivity index (χ3n) is 4.94. The molecular weight excluding hydrogens is 260 g/mol. The van der Waals surface area contributed by atoms with Crippen molar-refractivity contribution in [1.82, 2.24) is 4.90 Å². The van der Waals surface area contributed by atoms with E-state index in [4.69, 9.17) is 10.5 Å². The lowest BCUT2D eigenvalue weighted by Crippen LogP contribution is -2.21. The summed E-state index contributed by atoms with van der Waals surface area (Å²) in [5, 5.41) is 0. The summed E-state index contributed by atoms with van der Waals surface area (Å²) in [6.45, 7) is 7.11. The third kappa shape index (κ3) is 3.24. The summed E-state index contributed by atoms with van der Waals surface area (Å²) < 4.78 is 6.22. The van der Waals surface area contributed by atoms with Gasteiger partial charge in [-0.2, -0.15) is 0 Å². The molecule has 1 saturated carbocycles. The molecule has 1 aliphatic carbocycles.